The van der Waals surface area contributed by atoms with Crippen LogP contribution in [0.15, 0.2) is 21.5 Å². The second-order valence-corrected chi connectivity index (χ2v) is 5.86. The first-order chi connectivity index (χ1) is 8.61. The van der Waals surface area contributed by atoms with Gasteiger partial charge >= 0.3 is 0 Å². The molecule has 5 heteroatoms. The van der Waals surface area contributed by atoms with Crippen molar-refractivity contribution in [3.8, 4) is 5.75 Å². The maximum Gasteiger partial charge on any atom is 0.226 e. The zero-order valence-corrected chi connectivity index (χ0v) is 11.6. The van der Waals surface area contributed by atoms with Crippen LogP contribution in [0.2, 0.25) is 0 Å². The molecule has 1 fully saturated rings. The first-order valence-corrected chi connectivity index (χ1v) is 7.44. The molecule has 0 bridgehead atoms. The summed E-state index contributed by atoms with van der Waals surface area (Å²) in [5.41, 5.74) is -0.377. The highest BCUT2D eigenvalue weighted by Crippen LogP contribution is 2.32. The molecule has 1 saturated carbocycles. The molecular weight excluding hydrogens is 250 g/mol. The highest BCUT2D eigenvalue weighted by atomic mass is 32.2. The Bertz CT molecular complexity index is 460. The van der Waals surface area contributed by atoms with Gasteiger partial charge in [0.25, 0.3) is 0 Å². The van der Waals surface area contributed by atoms with Gasteiger partial charge in [0, 0.05) is 17.4 Å². The van der Waals surface area contributed by atoms with Gasteiger partial charge < -0.3 is 9.52 Å². The normalized spacial score (nSPS) is 23.7. The van der Waals surface area contributed by atoms with Gasteiger partial charge in [0.15, 0.2) is 5.75 Å². The van der Waals surface area contributed by atoms with Crippen LogP contribution in [0.1, 0.15) is 25.0 Å². The molecule has 2 rings (SSSR count). The van der Waals surface area contributed by atoms with Crippen molar-refractivity contribution in [1.82, 2.24) is 4.90 Å². The molecule has 0 amide bonds. The molecule has 1 aliphatic rings. The Morgan fingerprint density at radius 1 is 1.56 bits per heavy atom. The van der Waals surface area contributed by atoms with Gasteiger partial charge in [-0.1, -0.05) is 6.42 Å². The molecule has 0 unspecified atom stereocenters. The average Bonchev–Trinajstić information content (AvgIpc) is 2.82. The fourth-order valence-electron chi connectivity index (χ4n) is 2.58. The summed E-state index contributed by atoms with van der Waals surface area (Å²) in [6, 6.07) is 1.91. The van der Waals surface area contributed by atoms with Gasteiger partial charge in [-0.15, -0.1) is 0 Å². The van der Waals surface area contributed by atoms with Crippen molar-refractivity contribution in [2.24, 2.45) is 0 Å². The minimum Gasteiger partial charge on any atom is -0.502 e. The molecule has 18 heavy (non-hydrogen) atoms. The third kappa shape index (κ3) is 2.90. The number of hydrogen-bond acceptors (Lipinski definition) is 5. The van der Waals surface area contributed by atoms with Gasteiger partial charge in [-0.3, -0.25) is 9.69 Å². The molecule has 4 nitrogen and oxygen atoms in total. The second-order valence-electron chi connectivity index (χ2n) is 4.78. The van der Waals surface area contributed by atoms with Gasteiger partial charge in [0.05, 0.1) is 6.54 Å². The van der Waals surface area contributed by atoms with Crippen molar-refractivity contribution < 1.29 is 9.52 Å². The van der Waals surface area contributed by atoms with E-state index in [1.165, 1.54) is 25.3 Å². The van der Waals surface area contributed by atoms with E-state index in [9.17, 15) is 4.79 Å². The van der Waals surface area contributed by atoms with E-state index in [-0.39, 0.29) is 11.2 Å². The Hall–Kier alpha value is -0.940. The Labute approximate surface area is 111 Å². The van der Waals surface area contributed by atoms with E-state index in [1.54, 1.807) is 0 Å². The van der Waals surface area contributed by atoms with Crippen LogP contribution in [0.3, 0.4) is 0 Å². The summed E-state index contributed by atoms with van der Waals surface area (Å²) < 4.78 is 5.24. The van der Waals surface area contributed by atoms with E-state index < -0.39 is 0 Å². The van der Waals surface area contributed by atoms with E-state index in [0.29, 0.717) is 23.6 Å². The molecule has 0 aromatic carbocycles. The Morgan fingerprint density at radius 3 is 3.00 bits per heavy atom. The zero-order valence-electron chi connectivity index (χ0n) is 10.8. The van der Waals surface area contributed by atoms with Crippen LogP contribution in [0.25, 0.3) is 0 Å². The molecule has 0 radical (unpaired) electrons. The van der Waals surface area contributed by atoms with E-state index in [0.717, 1.165) is 6.26 Å². The molecule has 1 aromatic rings. The van der Waals surface area contributed by atoms with Crippen LogP contribution in [-0.4, -0.2) is 34.6 Å². The van der Waals surface area contributed by atoms with E-state index >= 15 is 0 Å². The molecule has 1 N–H and O–H groups in total. The maximum atomic E-state index is 11.3. The number of thioether (sulfide) groups is 1. The standard InChI is InChI=1S/C13H19NO3S/c1-14(10-4-3-5-13(10)18-2)7-9-6-11(15)12(16)8-17-9/h6,8,10,13,16H,3-5,7H2,1-2H3/t10-,13+/m1/s1. The van der Waals surface area contributed by atoms with Gasteiger partial charge in [0.2, 0.25) is 5.43 Å². The molecule has 0 spiro atoms. The van der Waals surface area contributed by atoms with Crippen LogP contribution in [0.4, 0.5) is 0 Å². The van der Waals surface area contributed by atoms with Crippen LogP contribution in [0.5, 0.6) is 5.75 Å². The van der Waals surface area contributed by atoms with Crippen molar-refractivity contribution in [2.75, 3.05) is 13.3 Å². The van der Waals surface area contributed by atoms with E-state index in [1.807, 2.05) is 11.8 Å². The summed E-state index contributed by atoms with van der Waals surface area (Å²) >= 11 is 1.91. The van der Waals surface area contributed by atoms with Gasteiger partial charge in [-0.2, -0.15) is 11.8 Å². The third-order valence-electron chi connectivity index (χ3n) is 3.56. The number of rotatable bonds is 4. The molecular formula is C13H19NO3S. The van der Waals surface area contributed by atoms with Crippen LogP contribution >= 0.6 is 11.8 Å². The van der Waals surface area contributed by atoms with Crippen molar-refractivity contribution >= 4 is 11.8 Å². The van der Waals surface area contributed by atoms with Crippen molar-refractivity contribution in [2.45, 2.75) is 37.1 Å². The van der Waals surface area contributed by atoms with Crippen molar-refractivity contribution in [3.63, 3.8) is 0 Å². The van der Waals surface area contributed by atoms with Gasteiger partial charge in [0.1, 0.15) is 12.0 Å². The summed E-state index contributed by atoms with van der Waals surface area (Å²) in [6.45, 7) is 0.608. The smallest absolute Gasteiger partial charge is 0.226 e. The molecule has 0 aliphatic heterocycles. The topological polar surface area (TPSA) is 53.7 Å². The fourth-order valence-corrected chi connectivity index (χ4v) is 3.64. The maximum absolute atomic E-state index is 11.3. The summed E-state index contributed by atoms with van der Waals surface area (Å²) in [7, 11) is 2.06. The summed E-state index contributed by atoms with van der Waals surface area (Å²) in [5, 5.41) is 9.81. The quantitative estimate of drug-likeness (QED) is 0.906. The molecule has 2 atom stereocenters. The highest BCUT2D eigenvalue weighted by molar-refractivity contribution is 7.99. The van der Waals surface area contributed by atoms with Crippen LogP contribution in [0, 0.1) is 0 Å². The number of nitrogens with zero attached hydrogens (tertiary/aromatic N) is 1. The van der Waals surface area contributed by atoms with Crippen LogP contribution < -0.4 is 5.43 Å². The predicted octanol–water partition coefficient (Wildman–Crippen LogP) is 2.06. The van der Waals surface area contributed by atoms with E-state index in [4.69, 9.17) is 9.52 Å². The second kappa shape index (κ2) is 5.80. The SMILES string of the molecule is CS[C@H]1CCC[C@H]1N(C)Cc1cc(=O)c(O)co1. The molecule has 1 aliphatic carbocycles. The summed E-state index contributed by atoms with van der Waals surface area (Å²) in [6.07, 6.45) is 6.99. The third-order valence-corrected chi connectivity index (χ3v) is 4.71. The highest BCUT2D eigenvalue weighted by Gasteiger charge is 2.29. The Morgan fingerprint density at radius 2 is 2.33 bits per heavy atom. The number of aromatic hydroxyl groups is 1. The molecule has 1 heterocycles. The largest absolute Gasteiger partial charge is 0.502 e. The molecule has 1 aromatic heterocycles. The fraction of sp³-hybridized carbons (Fsp3) is 0.615. The lowest BCUT2D eigenvalue weighted by molar-refractivity contribution is 0.220. The van der Waals surface area contributed by atoms with Crippen LogP contribution in [-0.2, 0) is 6.54 Å². The summed E-state index contributed by atoms with van der Waals surface area (Å²) in [5.74, 6) is 0.274. The zero-order chi connectivity index (χ0) is 13.1. The first kappa shape index (κ1) is 13.5. The lowest BCUT2D eigenvalue weighted by Crippen LogP contribution is -2.35. The lowest BCUT2D eigenvalue weighted by atomic mass is 10.2. The summed E-state index contributed by atoms with van der Waals surface area (Å²) in [4.78, 5) is 13.6. The van der Waals surface area contributed by atoms with E-state index in [2.05, 4.69) is 18.2 Å². The van der Waals surface area contributed by atoms with Crippen molar-refractivity contribution in [1.29, 1.82) is 0 Å². The Kier molecular flexibility index (Phi) is 4.35. The molecule has 0 saturated heterocycles. The molecule has 100 valence electrons. The van der Waals surface area contributed by atoms with Gasteiger partial charge in [-0.05, 0) is 26.1 Å². The number of hydrogen-bond donors (Lipinski definition) is 1. The minimum atomic E-state index is -0.377. The first-order valence-electron chi connectivity index (χ1n) is 6.15. The average molecular weight is 269 g/mol. The van der Waals surface area contributed by atoms with Crippen molar-refractivity contribution in [3.05, 3.63) is 28.3 Å². The van der Waals surface area contributed by atoms with Gasteiger partial charge in [-0.25, -0.2) is 0 Å². The Balaban J connectivity index is 2.04. The monoisotopic (exact) mass is 269 g/mol. The lowest BCUT2D eigenvalue weighted by Gasteiger charge is -2.28. The predicted molar refractivity (Wildman–Crippen MR) is 73.1 cm³/mol. The minimum absolute atomic E-state index is 0.329.